The number of rotatable bonds is 0. The first-order valence-electron chi connectivity index (χ1n) is 4.12. The Morgan fingerprint density at radius 2 is 2.00 bits per heavy atom. The fourth-order valence-electron chi connectivity index (χ4n) is 1.55. The number of aromatic nitrogens is 3. The van der Waals surface area contributed by atoms with Gasteiger partial charge >= 0.3 is 0 Å². The van der Waals surface area contributed by atoms with Crippen molar-refractivity contribution in [3.8, 4) is 0 Å². The summed E-state index contributed by atoms with van der Waals surface area (Å²) in [5, 5.41) is 1.14. The SMILES string of the molecule is [Cu].c1cnc2c(c1)ccc1nc[nH]c12. The Labute approximate surface area is 91.0 Å². The molecule has 3 rings (SSSR count). The number of hydrogen-bond donors (Lipinski definition) is 1. The number of nitrogens with one attached hydrogen (secondary N) is 1. The number of hydrogen-bond acceptors (Lipinski definition) is 2. The van der Waals surface area contributed by atoms with Gasteiger partial charge in [0, 0.05) is 28.7 Å². The van der Waals surface area contributed by atoms with E-state index in [9.17, 15) is 0 Å². The minimum absolute atomic E-state index is 0. The monoisotopic (exact) mass is 232 g/mol. The summed E-state index contributed by atoms with van der Waals surface area (Å²) in [5.41, 5.74) is 2.96. The van der Waals surface area contributed by atoms with Crippen molar-refractivity contribution in [1.29, 1.82) is 0 Å². The van der Waals surface area contributed by atoms with E-state index in [0.717, 1.165) is 21.9 Å². The average Bonchev–Trinajstić information content (AvgIpc) is 2.65. The van der Waals surface area contributed by atoms with Crippen LogP contribution in [0.3, 0.4) is 0 Å². The van der Waals surface area contributed by atoms with E-state index in [1.165, 1.54) is 0 Å². The van der Waals surface area contributed by atoms with Crippen molar-refractivity contribution in [3.05, 3.63) is 36.8 Å². The fourth-order valence-corrected chi connectivity index (χ4v) is 1.55. The maximum atomic E-state index is 4.31. The molecule has 0 bridgehead atoms. The standard InChI is InChI=1S/C10H7N3.Cu/c1-2-7-3-4-8-10(13-6-12-8)9(7)11-5-1;/h1-6H,(H,12,13);. The predicted molar refractivity (Wildman–Crippen MR) is 51.4 cm³/mol. The van der Waals surface area contributed by atoms with Gasteiger partial charge in [-0.25, -0.2) is 4.98 Å². The molecule has 14 heavy (non-hydrogen) atoms. The van der Waals surface area contributed by atoms with Gasteiger partial charge in [-0.3, -0.25) is 4.98 Å². The molecule has 4 heteroatoms. The predicted octanol–water partition coefficient (Wildman–Crippen LogP) is 2.11. The second-order valence-electron chi connectivity index (χ2n) is 2.94. The molecule has 0 amide bonds. The van der Waals surface area contributed by atoms with Gasteiger partial charge in [-0.1, -0.05) is 12.1 Å². The molecular formula is C10H7CuN3. The molecule has 1 radical (unpaired) electrons. The number of benzene rings is 1. The van der Waals surface area contributed by atoms with Gasteiger partial charge in [-0.05, 0) is 12.1 Å². The number of H-pyrrole nitrogens is 1. The first-order valence-corrected chi connectivity index (χ1v) is 4.12. The van der Waals surface area contributed by atoms with E-state index in [1.54, 1.807) is 12.5 Å². The zero-order valence-corrected chi connectivity index (χ0v) is 8.10. The van der Waals surface area contributed by atoms with Gasteiger partial charge in [-0.15, -0.1) is 0 Å². The summed E-state index contributed by atoms with van der Waals surface area (Å²) in [4.78, 5) is 11.6. The van der Waals surface area contributed by atoms with Crippen LogP contribution in [-0.4, -0.2) is 15.0 Å². The molecule has 1 aromatic carbocycles. The van der Waals surface area contributed by atoms with E-state index >= 15 is 0 Å². The molecule has 0 aliphatic rings. The minimum Gasteiger partial charge on any atom is -0.343 e. The van der Waals surface area contributed by atoms with Crippen LogP contribution in [0.15, 0.2) is 36.8 Å². The molecule has 73 valence electrons. The second-order valence-corrected chi connectivity index (χ2v) is 2.94. The quantitative estimate of drug-likeness (QED) is 0.604. The summed E-state index contributed by atoms with van der Waals surface area (Å²) < 4.78 is 0. The summed E-state index contributed by atoms with van der Waals surface area (Å²) in [6, 6.07) is 8.01. The largest absolute Gasteiger partial charge is 0.343 e. The van der Waals surface area contributed by atoms with E-state index in [4.69, 9.17) is 0 Å². The van der Waals surface area contributed by atoms with Gasteiger partial charge in [-0.2, -0.15) is 0 Å². The fraction of sp³-hybridized carbons (Fsp3) is 0. The van der Waals surface area contributed by atoms with Crippen LogP contribution >= 0.6 is 0 Å². The van der Waals surface area contributed by atoms with Crippen molar-refractivity contribution in [2.24, 2.45) is 0 Å². The van der Waals surface area contributed by atoms with Crippen molar-refractivity contribution < 1.29 is 17.1 Å². The molecule has 3 nitrogen and oxygen atoms in total. The molecular weight excluding hydrogens is 226 g/mol. The number of aromatic amines is 1. The second kappa shape index (κ2) is 3.40. The van der Waals surface area contributed by atoms with E-state index in [0.29, 0.717) is 0 Å². The summed E-state index contributed by atoms with van der Waals surface area (Å²) in [6.07, 6.45) is 3.49. The number of pyridine rings is 1. The Kier molecular flexibility index (Phi) is 2.23. The van der Waals surface area contributed by atoms with Crippen molar-refractivity contribution in [2.75, 3.05) is 0 Å². The molecule has 2 heterocycles. The van der Waals surface area contributed by atoms with Crippen LogP contribution in [0.2, 0.25) is 0 Å². The molecule has 0 unspecified atom stereocenters. The normalized spacial score (nSPS) is 10.3. The molecule has 3 aromatic rings. The smallest absolute Gasteiger partial charge is 0.0959 e. The third kappa shape index (κ3) is 1.20. The van der Waals surface area contributed by atoms with Crippen molar-refractivity contribution in [3.63, 3.8) is 0 Å². The van der Waals surface area contributed by atoms with E-state index in [1.807, 2.05) is 24.3 Å². The van der Waals surface area contributed by atoms with Gasteiger partial charge in [0.15, 0.2) is 0 Å². The number of fused-ring (bicyclic) bond motifs is 3. The Balaban J connectivity index is 0.000000750. The van der Waals surface area contributed by atoms with Gasteiger partial charge in [0.25, 0.3) is 0 Å². The van der Waals surface area contributed by atoms with Crippen LogP contribution in [0.1, 0.15) is 0 Å². The molecule has 0 saturated heterocycles. The third-order valence-electron chi connectivity index (χ3n) is 2.17. The molecule has 0 aliphatic carbocycles. The third-order valence-corrected chi connectivity index (χ3v) is 2.17. The first-order chi connectivity index (χ1) is 6.45. The maximum absolute atomic E-state index is 4.31. The topological polar surface area (TPSA) is 41.6 Å². The van der Waals surface area contributed by atoms with Gasteiger partial charge in [0.1, 0.15) is 0 Å². The van der Waals surface area contributed by atoms with Crippen LogP contribution in [0.5, 0.6) is 0 Å². The number of imidazole rings is 1. The van der Waals surface area contributed by atoms with Crippen LogP contribution in [0.25, 0.3) is 21.9 Å². The Morgan fingerprint density at radius 3 is 2.93 bits per heavy atom. The molecule has 0 saturated carbocycles. The van der Waals surface area contributed by atoms with Crippen molar-refractivity contribution >= 4 is 21.9 Å². The molecule has 0 spiro atoms. The summed E-state index contributed by atoms with van der Waals surface area (Å²) in [5.74, 6) is 0. The van der Waals surface area contributed by atoms with E-state index in [2.05, 4.69) is 15.0 Å². The Bertz CT molecular complexity index is 573. The average molecular weight is 233 g/mol. The van der Waals surface area contributed by atoms with Gasteiger partial charge < -0.3 is 4.98 Å². The zero-order valence-electron chi connectivity index (χ0n) is 7.16. The van der Waals surface area contributed by atoms with Crippen LogP contribution < -0.4 is 0 Å². The van der Waals surface area contributed by atoms with Gasteiger partial charge in [0.2, 0.25) is 0 Å². The first kappa shape index (κ1) is 9.19. The summed E-state index contributed by atoms with van der Waals surface area (Å²) in [7, 11) is 0. The minimum atomic E-state index is 0. The molecule has 0 fully saturated rings. The molecule has 2 aromatic heterocycles. The van der Waals surface area contributed by atoms with Crippen LogP contribution in [0, 0.1) is 0 Å². The van der Waals surface area contributed by atoms with E-state index < -0.39 is 0 Å². The molecule has 1 N–H and O–H groups in total. The van der Waals surface area contributed by atoms with Crippen LogP contribution in [0.4, 0.5) is 0 Å². The number of nitrogens with zero attached hydrogens (tertiary/aromatic N) is 2. The Morgan fingerprint density at radius 1 is 1.07 bits per heavy atom. The summed E-state index contributed by atoms with van der Waals surface area (Å²) in [6.45, 7) is 0. The molecule has 0 atom stereocenters. The maximum Gasteiger partial charge on any atom is 0.0959 e. The van der Waals surface area contributed by atoms with Crippen molar-refractivity contribution in [2.45, 2.75) is 0 Å². The summed E-state index contributed by atoms with van der Waals surface area (Å²) >= 11 is 0. The van der Waals surface area contributed by atoms with Crippen LogP contribution in [-0.2, 0) is 17.1 Å². The molecule has 0 aliphatic heterocycles. The van der Waals surface area contributed by atoms with Gasteiger partial charge in [0.05, 0.1) is 22.9 Å². The zero-order chi connectivity index (χ0) is 8.67. The van der Waals surface area contributed by atoms with Crippen molar-refractivity contribution in [1.82, 2.24) is 15.0 Å². The Hall–Kier alpha value is -1.38. The van der Waals surface area contributed by atoms with E-state index in [-0.39, 0.29) is 17.1 Å².